The lowest BCUT2D eigenvalue weighted by atomic mass is 9.94. The Hall–Kier alpha value is -12.6. The first kappa shape index (κ1) is 55.1. The number of rotatable bonds is 8. The molecule has 0 spiro atoms. The second kappa shape index (κ2) is 22.6. The summed E-state index contributed by atoms with van der Waals surface area (Å²) in [6, 6.07) is 116. The highest BCUT2D eigenvalue weighted by atomic mass is 32.1. The third kappa shape index (κ3) is 9.33. The molecule has 96 heavy (non-hydrogen) atoms. The van der Waals surface area contributed by atoms with Crippen molar-refractivity contribution in [1.29, 1.82) is 0 Å². The molecule has 0 saturated carbocycles. The molecule has 0 radical (unpaired) electrons. The third-order valence-corrected chi connectivity index (χ3v) is 19.8. The van der Waals surface area contributed by atoms with Crippen LogP contribution in [0.4, 0.5) is 0 Å². The summed E-state index contributed by atoms with van der Waals surface area (Å²) >= 11 is 1.73. The summed E-state index contributed by atoms with van der Waals surface area (Å²) in [4.78, 5) is 22.5. The van der Waals surface area contributed by atoms with Crippen LogP contribution in [-0.4, -0.2) is 29.1 Å². The van der Waals surface area contributed by atoms with E-state index < -0.39 is 0 Å². The highest BCUT2D eigenvalue weighted by Gasteiger charge is 2.25. The van der Waals surface area contributed by atoms with Crippen molar-refractivity contribution in [3.05, 3.63) is 328 Å². The summed E-state index contributed by atoms with van der Waals surface area (Å²) in [5.41, 5.74) is 18.7. The lowest BCUT2D eigenvalue weighted by Gasteiger charge is -2.14. The van der Waals surface area contributed by atoms with E-state index >= 15 is 0 Å². The molecule has 20 aromatic rings. The molecule has 0 bridgehead atoms. The van der Waals surface area contributed by atoms with Crippen molar-refractivity contribution in [2.24, 2.45) is 0 Å². The van der Waals surface area contributed by atoms with Crippen LogP contribution in [0.25, 0.3) is 186 Å². The number of furan rings is 1. The van der Waals surface area contributed by atoms with Crippen LogP contribution >= 0.6 is 11.3 Å². The third-order valence-electron chi connectivity index (χ3n) is 18.8. The molecule has 0 amide bonds. The molecule has 448 valence electrons. The molecule has 8 heteroatoms. The minimum Gasteiger partial charge on any atom is -0.437 e. The van der Waals surface area contributed by atoms with E-state index in [0.29, 0.717) is 17.6 Å². The molecule has 0 unspecified atom stereocenters. The quantitative estimate of drug-likeness (QED) is 0.152. The van der Waals surface area contributed by atoms with Gasteiger partial charge in [0.1, 0.15) is 10.4 Å². The van der Waals surface area contributed by atoms with E-state index in [9.17, 15) is 0 Å². The van der Waals surface area contributed by atoms with Crippen molar-refractivity contribution >= 4 is 119 Å². The van der Waals surface area contributed by atoms with Crippen molar-refractivity contribution in [3.8, 4) is 78.9 Å². The average molecular weight is 1240 g/mol. The van der Waals surface area contributed by atoms with Gasteiger partial charge in [0.2, 0.25) is 17.6 Å². The fourth-order valence-electron chi connectivity index (χ4n) is 14.3. The van der Waals surface area contributed by atoms with Crippen molar-refractivity contribution in [2.75, 3.05) is 0 Å². The number of nitrogens with zero attached hydrogens (tertiary/aromatic N) is 6. The number of hydrogen-bond acceptors (Lipinski definition) is 6. The van der Waals surface area contributed by atoms with Gasteiger partial charge in [0.25, 0.3) is 0 Å². The summed E-state index contributed by atoms with van der Waals surface area (Å²) < 4.78 is 12.2. The van der Waals surface area contributed by atoms with Crippen LogP contribution in [0.15, 0.2) is 332 Å². The van der Waals surface area contributed by atoms with Gasteiger partial charge in [0.05, 0.1) is 38.8 Å². The number of para-hydroxylation sites is 3. The largest absolute Gasteiger partial charge is 0.437 e. The van der Waals surface area contributed by atoms with E-state index in [1.165, 1.54) is 53.5 Å². The maximum absolute atomic E-state index is 6.51. The topological polar surface area (TPSA) is 74.6 Å². The van der Waals surface area contributed by atoms with Crippen LogP contribution in [0, 0.1) is 0 Å². The second-order valence-corrected chi connectivity index (χ2v) is 25.5. The Bertz CT molecular complexity index is 5940. The van der Waals surface area contributed by atoms with Crippen LogP contribution in [0.5, 0.6) is 0 Å². The van der Waals surface area contributed by atoms with Crippen LogP contribution in [0.1, 0.15) is 0 Å². The molecule has 0 N–H and O–H groups in total. The van der Waals surface area contributed by atoms with Gasteiger partial charge in [-0.2, -0.15) is 4.98 Å². The number of hydrogen-bond donors (Lipinski definition) is 0. The Kier molecular flexibility index (Phi) is 13.0. The average Bonchev–Trinajstić information content (AvgIpc) is 1.57. The summed E-state index contributed by atoms with van der Waals surface area (Å²) in [7, 11) is 0. The molecule has 0 saturated heterocycles. The summed E-state index contributed by atoms with van der Waals surface area (Å²) in [6.45, 7) is 0. The smallest absolute Gasteiger partial charge is 0.238 e. The second-order valence-electron chi connectivity index (χ2n) is 24.5. The standard InChI is InChI=1S/C44H27N3O.C44H27N3S/c2*1-3-13-28(14-4-1)32-23-33(29-15-5-2-6-16-29)25-34(24-32)42-41-36-20-10-12-22-40(36)48-43(41)46-44(45-42)47-38-21-11-9-19-35(38)37-26-30-17-7-8-18-31(30)27-39(37)47/h2*1-27H. The van der Waals surface area contributed by atoms with Crippen LogP contribution in [0.3, 0.4) is 0 Å². The molecular weight excluding hydrogens is 1190 g/mol. The molecular formula is C88H54N6OS. The maximum Gasteiger partial charge on any atom is 0.238 e. The van der Waals surface area contributed by atoms with E-state index in [0.717, 1.165) is 115 Å². The molecule has 0 aliphatic rings. The van der Waals surface area contributed by atoms with Crippen molar-refractivity contribution in [2.45, 2.75) is 0 Å². The van der Waals surface area contributed by atoms with Crippen LogP contribution in [-0.2, 0) is 0 Å². The van der Waals surface area contributed by atoms with Crippen LogP contribution < -0.4 is 0 Å². The Morgan fingerprint density at radius 3 is 1.09 bits per heavy atom. The van der Waals surface area contributed by atoms with Gasteiger partial charge in [0.15, 0.2) is 0 Å². The Balaban J connectivity index is 0.000000135. The zero-order valence-electron chi connectivity index (χ0n) is 51.7. The van der Waals surface area contributed by atoms with E-state index in [-0.39, 0.29) is 0 Å². The first-order chi connectivity index (χ1) is 47.6. The van der Waals surface area contributed by atoms with Gasteiger partial charge >= 0.3 is 0 Å². The Labute approximate surface area is 555 Å². The van der Waals surface area contributed by atoms with E-state index in [4.69, 9.17) is 24.4 Å². The minimum atomic E-state index is 0.564. The maximum atomic E-state index is 6.51. The monoisotopic (exact) mass is 1240 g/mol. The Morgan fingerprint density at radius 2 is 0.615 bits per heavy atom. The highest BCUT2D eigenvalue weighted by molar-refractivity contribution is 7.25. The molecule has 0 aliphatic heterocycles. The van der Waals surface area contributed by atoms with Gasteiger partial charge in [-0.25, -0.2) is 15.0 Å². The van der Waals surface area contributed by atoms with Crippen molar-refractivity contribution in [3.63, 3.8) is 0 Å². The fraction of sp³-hybridized carbons (Fsp3) is 0. The normalized spacial score (nSPS) is 11.8. The van der Waals surface area contributed by atoms with Gasteiger partial charge in [-0.3, -0.25) is 9.13 Å². The first-order valence-corrected chi connectivity index (χ1v) is 33.1. The van der Waals surface area contributed by atoms with Gasteiger partial charge in [-0.15, -0.1) is 11.3 Å². The van der Waals surface area contributed by atoms with Gasteiger partial charge in [0, 0.05) is 53.5 Å². The molecule has 14 aromatic carbocycles. The zero-order valence-corrected chi connectivity index (χ0v) is 52.5. The lowest BCUT2D eigenvalue weighted by Crippen LogP contribution is -2.03. The summed E-state index contributed by atoms with van der Waals surface area (Å²) in [6.07, 6.45) is 0. The summed E-state index contributed by atoms with van der Waals surface area (Å²) in [5, 5.41) is 13.7. The number of aromatic nitrogens is 6. The SMILES string of the molecule is c1ccc(-c2cc(-c3ccccc3)cc(-c3nc(-n4c5ccccc5c5cc6ccccc6cc54)nc4oc5ccccc5c34)c2)cc1.c1ccc(-c2cc(-c3ccccc3)cc(-c3nc(-n4c5ccccc5c5cc6ccccc6cc54)nc4sc5ccccc5c34)c2)cc1. The predicted molar refractivity (Wildman–Crippen MR) is 401 cm³/mol. The zero-order chi connectivity index (χ0) is 63.2. The van der Waals surface area contributed by atoms with Gasteiger partial charge in [-0.05, 0) is 151 Å². The first-order valence-electron chi connectivity index (χ1n) is 32.3. The number of fused-ring (bicyclic) bond motifs is 14. The number of thiophene rings is 1. The van der Waals surface area contributed by atoms with Gasteiger partial charge < -0.3 is 4.42 Å². The molecule has 6 heterocycles. The summed E-state index contributed by atoms with van der Waals surface area (Å²) in [5.74, 6) is 1.25. The van der Waals surface area contributed by atoms with Crippen molar-refractivity contribution < 1.29 is 4.42 Å². The molecule has 0 fully saturated rings. The lowest BCUT2D eigenvalue weighted by molar-refractivity contribution is 0.651. The molecule has 0 aliphatic carbocycles. The fourth-order valence-corrected chi connectivity index (χ4v) is 15.4. The highest BCUT2D eigenvalue weighted by Crippen LogP contribution is 2.45. The number of benzene rings is 14. The predicted octanol–water partition coefficient (Wildman–Crippen LogP) is 23.7. The molecule has 20 rings (SSSR count). The minimum absolute atomic E-state index is 0.564. The Morgan fingerprint density at radius 1 is 0.250 bits per heavy atom. The van der Waals surface area contributed by atoms with E-state index in [1.807, 2.05) is 18.2 Å². The molecule has 6 aromatic heterocycles. The molecule has 7 nitrogen and oxygen atoms in total. The van der Waals surface area contributed by atoms with Crippen molar-refractivity contribution in [1.82, 2.24) is 29.1 Å². The van der Waals surface area contributed by atoms with E-state index in [2.05, 4.69) is 319 Å². The van der Waals surface area contributed by atoms with Crippen LogP contribution in [0.2, 0.25) is 0 Å². The van der Waals surface area contributed by atoms with Gasteiger partial charge in [-0.1, -0.05) is 243 Å². The molecule has 0 atom stereocenters. The van der Waals surface area contributed by atoms with E-state index in [1.54, 1.807) is 11.3 Å².